The molecule has 0 aliphatic carbocycles. The number of carbonyl (C=O) groups is 1. The summed E-state index contributed by atoms with van der Waals surface area (Å²) in [5.41, 5.74) is 0. The van der Waals surface area contributed by atoms with E-state index >= 15 is 0 Å². The quantitative estimate of drug-likeness (QED) is 0.773. The van der Waals surface area contributed by atoms with Crippen molar-refractivity contribution in [2.45, 2.75) is 31.2 Å². The molecule has 1 amide bonds. The van der Waals surface area contributed by atoms with Gasteiger partial charge in [-0.25, -0.2) is 0 Å². The van der Waals surface area contributed by atoms with Crippen molar-refractivity contribution in [2.24, 2.45) is 0 Å². The molecule has 2 aliphatic rings. The molecule has 1 aromatic heterocycles. The summed E-state index contributed by atoms with van der Waals surface area (Å²) in [6.07, 6.45) is 2.49. The summed E-state index contributed by atoms with van der Waals surface area (Å²) in [6.45, 7) is 2.91. The van der Waals surface area contributed by atoms with Crippen molar-refractivity contribution in [1.82, 2.24) is 20.8 Å². The summed E-state index contributed by atoms with van der Waals surface area (Å²) < 4.78 is 10.6. The average molecular weight is 266 g/mol. The first-order valence-electron chi connectivity index (χ1n) is 6.74. The van der Waals surface area contributed by atoms with Crippen molar-refractivity contribution >= 4 is 5.91 Å². The molecule has 3 heterocycles. The number of nitrogens with one attached hydrogen (secondary N) is 2. The van der Waals surface area contributed by atoms with Crippen molar-refractivity contribution in [3.63, 3.8) is 0 Å². The number of nitrogens with zero attached hydrogens (tertiary/aromatic N) is 2. The van der Waals surface area contributed by atoms with Crippen LogP contribution in [0.3, 0.4) is 0 Å². The summed E-state index contributed by atoms with van der Waals surface area (Å²) in [5.74, 6) is 1.42. The number of carbonyl (C=O) groups excluding carboxylic acids is 1. The number of rotatable bonds is 3. The van der Waals surface area contributed by atoms with Crippen molar-refractivity contribution in [3.8, 4) is 0 Å². The second kappa shape index (κ2) is 5.66. The summed E-state index contributed by atoms with van der Waals surface area (Å²) in [4.78, 5) is 16.0. The number of piperazine rings is 1. The summed E-state index contributed by atoms with van der Waals surface area (Å²) in [7, 11) is 0. The summed E-state index contributed by atoms with van der Waals surface area (Å²) in [6, 6.07) is -0.273. The zero-order valence-electron chi connectivity index (χ0n) is 10.7. The number of amides is 1. The van der Waals surface area contributed by atoms with Crippen LogP contribution in [-0.4, -0.2) is 48.4 Å². The van der Waals surface area contributed by atoms with Crippen LogP contribution in [-0.2, 0) is 16.0 Å². The molecule has 104 valence electrons. The third kappa shape index (κ3) is 2.93. The van der Waals surface area contributed by atoms with E-state index in [0.717, 1.165) is 26.0 Å². The summed E-state index contributed by atoms with van der Waals surface area (Å²) >= 11 is 0. The maximum absolute atomic E-state index is 11.6. The van der Waals surface area contributed by atoms with Gasteiger partial charge in [-0.2, -0.15) is 4.98 Å². The Morgan fingerprint density at radius 3 is 3.11 bits per heavy atom. The Kier molecular flexibility index (Phi) is 3.74. The van der Waals surface area contributed by atoms with Crippen LogP contribution in [0.15, 0.2) is 4.52 Å². The van der Waals surface area contributed by atoms with E-state index in [2.05, 4.69) is 20.8 Å². The lowest BCUT2D eigenvalue weighted by Crippen LogP contribution is -2.53. The predicted molar refractivity (Wildman–Crippen MR) is 65.6 cm³/mol. The highest BCUT2D eigenvalue weighted by Gasteiger charge is 2.26. The van der Waals surface area contributed by atoms with Crippen molar-refractivity contribution in [1.29, 1.82) is 0 Å². The van der Waals surface area contributed by atoms with Crippen LogP contribution in [0.2, 0.25) is 0 Å². The molecule has 7 heteroatoms. The minimum absolute atomic E-state index is 0.00741. The molecule has 0 aromatic carbocycles. The molecule has 7 nitrogen and oxygen atoms in total. The van der Waals surface area contributed by atoms with E-state index in [1.807, 2.05) is 0 Å². The molecule has 2 N–H and O–H groups in total. The third-order valence-corrected chi connectivity index (χ3v) is 3.52. The van der Waals surface area contributed by atoms with E-state index in [0.29, 0.717) is 31.3 Å². The molecule has 19 heavy (non-hydrogen) atoms. The number of hydrogen-bond acceptors (Lipinski definition) is 6. The molecule has 2 aliphatic heterocycles. The highest BCUT2D eigenvalue weighted by Crippen LogP contribution is 2.23. The molecule has 2 unspecified atom stereocenters. The molecule has 0 saturated carbocycles. The van der Waals surface area contributed by atoms with Crippen LogP contribution in [0.4, 0.5) is 0 Å². The topological polar surface area (TPSA) is 89.3 Å². The highest BCUT2D eigenvalue weighted by molar-refractivity contribution is 5.82. The highest BCUT2D eigenvalue weighted by atomic mass is 16.5. The standard InChI is InChI=1S/C12H18N4O3/c17-12-9(13-3-4-14-12)6-10-15-11(16-19-10)8-2-1-5-18-7-8/h8-9,13H,1-7H2,(H,14,17). The maximum atomic E-state index is 11.6. The largest absolute Gasteiger partial charge is 0.381 e. The minimum Gasteiger partial charge on any atom is -0.381 e. The van der Waals surface area contributed by atoms with Gasteiger partial charge < -0.3 is 19.9 Å². The lowest BCUT2D eigenvalue weighted by Gasteiger charge is -2.21. The van der Waals surface area contributed by atoms with Crippen LogP contribution >= 0.6 is 0 Å². The van der Waals surface area contributed by atoms with Crippen LogP contribution in [0.1, 0.15) is 30.5 Å². The first kappa shape index (κ1) is 12.6. The zero-order chi connectivity index (χ0) is 13.1. The Labute approximate surface area is 111 Å². The SMILES string of the molecule is O=C1NCCNC1Cc1nc(C2CCCOC2)no1. The van der Waals surface area contributed by atoms with E-state index in [1.54, 1.807) is 0 Å². The van der Waals surface area contributed by atoms with E-state index < -0.39 is 0 Å². The molecular formula is C12H18N4O3. The number of hydrogen-bond donors (Lipinski definition) is 2. The summed E-state index contributed by atoms with van der Waals surface area (Å²) in [5, 5.41) is 9.96. The number of ether oxygens (including phenoxy) is 1. The second-order valence-electron chi connectivity index (χ2n) is 4.96. The lowest BCUT2D eigenvalue weighted by molar-refractivity contribution is -0.124. The maximum Gasteiger partial charge on any atom is 0.237 e. The zero-order valence-corrected chi connectivity index (χ0v) is 10.7. The van der Waals surface area contributed by atoms with Gasteiger partial charge in [-0.15, -0.1) is 0 Å². The van der Waals surface area contributed by atoms with Crippen molar-refractivity contribution in [2.75, 3.05) is 26.3 Å². The van der Waals surface area contributed by atoms with E-state index in [9.17, 15) is 4.79 Å². The van der Waals surface area contributed by atoms with E-state index in [1.165, 1.54) is 0 Å². The Balaban J connectivity index is 1.62. The van der Waals surface area contributed by atoms with Gasteiger partial charge in [0.25, 0.3) is 0 Å². The molecule has 2 saturated heterocycles. The van der Waals surface area contributed by atoms with Gasteiger partial charge in [-0.05, 0) is 12.8 Å². The van der Waals surface area contributed by atoms with Gasteiger partial charge in [-0.3, -0.25) is 4.79 Å². The Morgan fingerprint density at radius 2 is 2.32 bits per heavy atom. The van der Waals surface area contributed by atoms with Crippen LogP contribution < -0.4 is 10.6 Å². The first-order valence-corrected chi connectivity index (χ1v) is 6.74. The van der Waals surface area contributed by atoms with Gasteiger partial charge in [0.05, 0.1) is 19.1 Å². The molecule has 2 atom stereocenters. The van der Waals surface area contributed by atoms with Crippen molar-refractivity contribution < 1.29 is 14.1 Å². The first-order chi connectivity index (χ1) is 9.33. The van der Waals surface area contributed by atoms with Crippen LogP contribution in [0, 0.1) is 0 Å². The molecule has 1 aromatic rings. The van der Waals surface area contributed by atoms with Crippen molar-refractivity contribution in [3.05, 3.63) is 11.7 Å². The lowest BCUT2D eigenvalue weighted by atomic mass is 10.0. The Bertz CT molecular complexity index is 442. The molecule has 0 spiro atoms. The van der Waals surface area contributed by atoms with Gasteiger partial charge in [0.2, 0.25) is 11.8 Å². The molecular weight excluding hydrogens is 248 g/mol. The third-order valence-electron chi connectivity index (χ3n) is 3.52. The van der Waals surface area contributed by atoms with Gasteiger partial charge in [0.15, 0.2) is 5.82 Å². The smallest absolute Gasteiger partial charge is 0.237 e. The molecule has 2 fully saturated rings. The molecule has 3 rings (SSSR count). The Hall–Kier alpha value is -1.47. The second-order valence-corrected chi connectivity index (χ2v) is 4.96. The minimum atomic E-state index is -0.273. The number of aromatic nitrogens is 2. The fourth-order valence-corrected chi connectivity index (χ4v) is 2.45. The Morgan fingerprint density at radius 1 is 1.37 bits per heavy atom. The fourth-order valence-electron chi connectivity index (χ4n) is 2.45. The average Bonchev–Trinajstić information content (AvgIpc) is 2.91. The van der Waals surface area contributed by atoms with E-state index in [4.69, 9.17) is 9.26 Å². The fraction of sp³-hybridized carbons (Fsp3) is 0.750. The van der Waals surface area contributed by atoms with Gasteiger partial charge in [0.1, 0.15) is 0 Å². The molecule has 0 radical (unpaired) electrons. The normalized spacial score (nSPS) is 28.1. The predicted octanol–water partition coefficient (Wildman–Crippen LogP) is -0.406. The van der Waals surface area contributed by atoms with E-state index in [-0.39, 0.29) is 17.9 Å². The van der Waals surface area contributed by atoms with Gasteiger partial charge in [0, 0.05) is 25.6 Å². The molecule has 0 bridgehead atoms. The van der Waals surface area contributed by atoms with Crippen LogP contribution in [0.5, 0.6) is 0 Å². The monoisotopic (exact) mass is 266 g/mol. The van der Waals surface area contributed by atoms with Crippen LogP contribution in [0.25, 0.3) is 0 Å². The van der Waals surface area contributed by atoms with Gasteiger partial charge in [-0.1, -0.05) is 5.16 Å². The van der Waals surface area contributed by atoms with Gasteiger partial charge >= 0.3 is 0 Å².